The molecule has 2 aromatic rings. The minimum Gasteiger partial charge on any atom is -0.497 e. The molecule has 20 heavy (non-hydrogen) atoms. The molecule has 2 nitrogen and oxygen atoms in total. The van der Waals surface area contributed by atoms with Crippen LogP contribution in [0.1, 0.15) is 29.7 Å². The zero-order valence-electron chi connectivity index (χ0n) is 12.5. The number of rotatable bonds is 6. The van der Waals surface area contributed by atoms with Crippen molar-refractivity contribution in [2.24, 2.45) is 0 Å². The largest absolute Gasteiger partial charge is 0.497 e. The minimum atomic E-state index is 0.352. The predicted octanol–water partition coefficient (Wildman–Crippen LogP) is 3.90. The molecule has 0 amide bonds. The van der Waals surface area contributed by atoms with Crippen molar-refractivity contribution in [3.8, 4) is 5.75 Å². The van der Waals surface area contributed by atoms with Gasteiger partial charge in [-0.2, -0.15) is 0 Å². The minimum absolute atomic E-state index is 0.352. The molecular weight excluding hydrogens is 246 g/mol. The maximum Gasteiger partial charge on any atom is 0.118 e. The number of hydrogen-bond acceptors (Lipinski definition) is 2. The Morgan fingerprint density at radius 2 is 1.75 bits per heavy atom. The molecule has 0 spiro atoms. The molecule has 0 saturated carbocycles. The molecule has 0 heterocycles. The van der Waals surface area contributed by atoms with E-state index in [1.54, 1.807) is 7.11 Å². The van der Waals surface area contributed by atoms with Gasteiger partial charge in [0.05, 0.1) is 7.11 Å². The summed E-state index contributed by atoms with van der Waals surface area (Å²) in [6.45, 7) is 5.35. The van der Waals surface area contributed by atoms with Gasteiger partial charge in [-0.25, -0.2) is 0 Å². The van der Waals surface area contributed by atoms with Crippen LogP contribution in [0, 0.1) is 6.92 Å². The van der Waals surface area contributed by atoms with Gasteiger partial charge in [0.15, 0.2) is 0 Å². The first-order valence-electron chi connectivity index (χ1n) is 7.12. The van der Waals surface area contributed by atoms with E-state index in [0.29, 0.717) is 6.04 Å². The first-order chi connectivity index (χ1) is 9.70. The van der Waals surface area contributed by atoms with Crippen molar-refractivity contribution >= 4 is 0 Å². The molecule has 0 saturated heterocycles. The van der Waals surface area contributed by atoms with Crippen molar-refractivity contribution in [3.63, 3.8) is 0 Å². The van der Waals surface area contributed by atoms with Gasteiger partial charge in [0, 0.05) is 6.04 Å². The quantitative estimate of drug-likeness (QED) is 0.859. The van der Waals surface area contributed by atoms with Crippen molar-refractivity contribution in [2.75, 3.05) is 13.7 Å². The third kappa shape index (κ3) is 3.84. The number of methoxy groups -OCH3 is 1. The zero-order chi connectivity index (χ0) is 14.4. The van der Waals surface area contributed by atoms with E-state index in [2.05, 4.69) is 55.6 Å². The smallest absolute Gasteiger partial charge is 0.118 e. The highest BCUT2D eigenvalue weighted by Gasteiger charge is 2.05. The Balaban J connectivity index is 1.85. The monoisotopic (exact) mass is 269 g/mol. The summed E-state index contributed by atoms with van der Waals surface area (Å²) in [4.78, 5) is 0. The second kappa shape index (κ2) is 7.11. The molecule has 0 fully saturated rings. The highest BCUT2D eigenvalue weighted by Crippen LogP contribution is 2.17. The van der Waals surface area contributed by atoms with Crippen LogP contribution in [-0.2, 0) is 6.42 Å². The number of nitrogens with one attached hydrogen (secondary N) is 1. The van der Waals surface area contributed by atoms with Crippen molar-refractivity contribution in [2.45, 2.75) is 26.3 Å². The van der Waals surface area contributed by atoms with E-state index in [0.717, 1.165) is 18.7 Å². The van der Waals surface area contributed by atoms with E-state index in [4.69, 9.17) is 4.74 Å². The number of aryl methyl sites for hydroxylation is 1. The van der Waals surface area contributed by atoms with E-state index in [-0.39, 0.29) is 0 Å². The van der Waals surface area contributed by atoms with Crippen LogP contribution in [0.5, 0.6) is 5.75 Å². The van der Waals surface area contributed by atoms with Gasteiger partial charge in [-0.15, -0.1) is 0 Å². The Kier molecular flexibility index (Phi) is 5.19. The first-order valence-corrected chi connectivity index (χ1v) is 7.12. The molecule has 2 heteroatoms. The van der Waals surface area contributed by atoms with E-state index in [1.807, 2.05) is 12.1 Å². The van der Waals surface area contributed by atoms with Crippen LogP contribution in [0.3, 0.4) is 0 Å². The molecule has 0 aromatic heterocycles. The highest BCUT2D eigenvalue weighted by molar-refractivity contribution is 5.29. The predicted molar refractivity (Wildman–Crippen MR) is 84.3 cm³/mol. The lowest BCUT2D eigenvalue weighted by Gasteiger charge is -2.15. The molecule has 106 valence electrons. The highest BCUT2D eigenvalue weighted by atomic mass is 16.5. The van der Waals surface area contributed by atoms with Crippen LogP contribution in [0.15, 0.2) is 48.5 Å². The van der Waals surface area contributed by atoms with E-state index in [9.17, 15) is 0 Å². The summed E-state index contributed by atoms with van der Waals surface area (Å²) in [5.74, 6) is 0.904. The molecule has 1 unspecified atom stereocenters. The summed E-state index contributed by atoms with van der Waals surface area (Å²) in [5.41, 5.74) is 4.07. The van der Waals surface area contributed by atoms with Gasteiger partial charge in [-0.1, -0.05) is 36.4 Å². The molecule has 0 aliphatic carbocycles. The summed E-state index contributed by atoms with van der Waals surface area (Å²) in [6.07, 6.45) is 1.06. The van der Waals surface area contributed by atoms with Crippen LogP contribution >= 0.6 is 0 Å². The van der Waals surface area contributed by atoms with Gasteiger partial charge in [-0.3, -0.25) is 0 Å². The Bertz CT molecular complexity index is 533. The molecule has 0 bridgehead atoms. The molecule has 2 aromatic carbocycles. The Morgan fingerprint density at radius 1 is 1.05 bits per heavy atom. The molecule has 1 N–H and O–H groups in total. The Hall–Kier alpha value is -1.80. The topological polar surface area (TPSA) is 21.3 Å². The van der Waals surface area contributed by atoms with Crippen LogP contribution < -0.4 is 10.1 Å². The summed E-state index contributed by atoms with van der Waals surface area (Å²) >= 11 is 0. The van der Waals surface area contributed by atoms with Gasteiger partial charge in [-0.05, 0) is 55.6 Å². The molecule has 0 radical (unpaired) electrons. The standard InChI is InChI=1S/C18H23NO/c1-14-6-4-5-7-16(14)12-13-19-15(2)17-8-10-18(20-3)11-9-17/h4-11,15,19H,12-13H2,1-3H3. The molecule has 0 aliphatic rings. The summed E-state index contributed by atoms with van der Waals surface area (Å²) in [6, 6.07) is 17.2. The van der Waals surface area contributed by atoms with Crippen molar-refractivity contribution in [1.29, 1.82) is 0 Å². The van der Waals surface area contributed by atoms with Gasteiger partial charge in [0.1, 0.15) is 5.75 Å². The van der Waals surface area contributed by atoms with Crippen LogP contribution in [0.4, 0.5) is 0 Å². The van der Waals surface area contributed by atoms with Crippen LogP contribution in [0.2, 0.25) is 0 Å². The van der Waals surface area contributed by atoms with Gasteiger partial charge in [0.25, 0.3) is 0 Å². The lowest BCUT2D eigenvalue weighted by Crippen LogP contribution is -2.21. The summed E-state index contributed by atoms with van der Waals surface area (Å²) in [5, 5.41) is 3.57. The van der Waals surface area contributed by atoms with Crippen molar-refractivity contribution < 1.29 is 4.74 Å². The molecular formula is C18H23NO. The third-order valence-electron chi connectivity index (χ3n) is 3.72. The summed E-state index contributed by atoms with van der Waals surface area (Å²) in [7, 11) is 1.69. The number of hydrogen-bond donors (Lipinski definition) is 1. The fraction of sp³-hybridized carbons (Fsp3) is 0.333. The Morgan fingerprint density at radius 3 is 2.40 bits per heavy atom. The SMILES string of the molecule is COc1ccc(C(C)NCCc2ccccc2C)cc1. The average Bonchev–Trinajstić information content (AvgIpc) is 2.49. The van der Waals surface area contributed by atoms with Crippen molar-refractivity contribution in [3.05, 3.63) is 65.2 Å². The maximum atomic E-state index is 5.18. The van der Waals surface area contributed by atoms with E-state index < -0.39 is 0 Å². The molecule has 2 rings (SSSR count). The second-order valence-electron chi connectivity index (χ2n) is 5.13. The average molecular weight is 269 g/mol. The lowest BCUT2D eigenvalue weighted by atomic mass is 10.0. The van der Waals surface area contributed by atoms with Gasteiger partial charge >= 0.3 is 0 Å². The van der Waals surface area contributed by atoms with Crippen LogP contribution in [0.25, 0.3) is 0 Å². The fourth-order valence-corrected chi connectivity index (χ4v) is 2.32. The molecule has 1 atom stereocenters. The lowest BCUT2D eigenvalue weighted by molar-refractivity contribution is 0.414. The normalized spacial score (nSPS) is 12.2. The Labute approximate surface area is 121 Å². The number of ether oxygens (including phenoxy) is 1. The maximum absolute atomic E-state index is 5.18. The van der Waals surface area contributed by atoms with Crippen LogP contribution in [-0.4, -0.2) is 13.7 Å². The zero-order valence-corrected chi connectivity index (χ0v) is 12.5. The fourth-order valence-electron chi connectivity index (χ4n) is 2.32. The van der Waals surface area contributed by atoms with E-state index in [1.165, 1.54) is 16.7 Å². The third-order valence-corrected chi connectivity index (χ3v) is 3.72. The summed E-state index contributed by atoms with van der Waals surface area (Å²) < 4.78 is 5.18. The molecule has 0 aliphatic heterocycles. The first kappa shape index (κ1) is 14.6. The number of benzene rings is 2. The van der Waals surface area contributed by atoms with Gasteiger partial charge < -0.3 is 10.1 Å². The van der Waals surface area contributed by atoms with Gasteiger partial charge in [0.2, 0.25) is 0 Å². The van der Waals surface area contributed by atoms with Crippen molar-refractivity contribution in [1.82, 2.24) is 5.32 Å². The van der Waals surface area contributed by atoms with E-state index >= 15 is 0 Å². The second-order valence-corrected chi connectivity index (χ2v) is 5.13.